The Morgan fingerprint density at radius 3 is 3.05 bits per heavy atom. The van der Waals surface area contributed by atoms with Crippen LogP contribution in [0.25, 0.3) is 22.2 Å². The van der Waals surface area contributed by atoms with Crippen molar-refractivity contribution in [1.82, 2.24) is 9.97 Å². The molecule has 0 atom stereocenters. The van der Waals surface area contributed by atoms with Crippen molar-refractivity contribution in [3.8, 4) is 11.3 Å². The van der Waals surface area contributed by atoms with E-state index in [1.807, 2.05) is 29.8 Å². The molecule has 0 aliphatic heterocycles. The smallest absolute Gasteiger partial charge is 0.229 e. The average molecular weight is 283 g/mol. The number of thiazole rings is 1. The molecule has 1 aromatic carbocycles. The minimum Gasteiger partial charge on any atom is -0.360 e. The molecule has 3 aromatic rings. The molecule has 0 spiro atoms. The van der Waals surface area contributed by atoms with Crippen LogP contribution in [0.4, 0.5) is 5.13 Å². The number of benzene rings is 1. The second-order valence-electron chi connectivity index (χ2n) is 5.05. The number of carbonyl (C=O) groups excluding carboxylic acids is 1. The Labute approximate surface area is 119 Å². The molecule has 0 saturated heterocycles. The Morgan fingerprint density at radius 2 is 2.20 bits per heavy atom. The van der Waals surface area contributed by atoms with E-state index >= 15 is 0 Å². The first-order chi connectivity index (χ1) is 9.81. The Bertz CT molecular complexity index is 785. The van der Waals surface area contributed by atoms with Gasteiger partial charge in [0.05, 0.1) is 5.69 Å². The van der Waals surface area contributed by atoms with E-state index in [1.165, 1.54) is 11.3 Å². The molecule has 4 rings (SSSR count). The summed E-state index contributed by atoms with van der Waals surface area (Å²) in [7, 11) is 0. The second kappa shape index (κ2) is 4.45. The van der Waals surface area contributed by atoms with Crippen LogP contribution in [-0.2, 0) is 4.79 Å². The molecule has 2 aromatic heterocycles. The van der Waals surface area contributed by atoms with E-state index in [4.69, 9.17) is 0 Å². The van der Waals surface area contributed by atoms with Crippen molar-refractivity contribution in [1.29, 1.82) is 0 Å². The number of rotatable bonds is 3. The molecule has 0 unspecified atom stereocenters. The van der Waals surface area contributed by atoms with Gasteiger partial charge in [0.2, 0.25) is 5.91 Å². The summed E-state index contributed by atoms with van der Waals surface area (Å²) in [5.41, 5.74) is 3.07. The van der Waals surface area contributed by atoms with Crippen molar-refractivity contribution in [2.75, 3.05) is 5.32 Å². The number of hydrogen-bond acceptors (Lipinski definition) is 3. The topological polar surface area (TPSA) is 57.8 Å². The SMILES string of the molecule is O=C(Nc1nc(-c2c[nH]c3ccccc23)cs1)C1CC1. The molecule has 0 radical (unpaired) electrons. The first-order valence-electron chi connectivity index (χ1n) is 6.64. The number of aromatic amines is 1. The van der Waals surface area contributed by atoms with Gasteiger partial charge >= 0.3 is 0 Å². The number of fused-ring (bicyclic) bond motifs is 1. The van der Waals surface area contributed by atoms with E-state index in [1.54, 1.807) is 0 Å². The highest BCUT2D eigenvalue weighted by Gasteiger charge is 2.30. The number of amides is 1. The van der Waals surface area contributed by atoms with Gasteiger partial charge in [0.1, 0.15) is 0 Å². The van der Waals surface area contributed by atoms with Gasteiger partial charge in [-0.25, -0.2) is 4.98 Å². The van der Waals surface area contributed by atoms with Crippen molar-refractivity contribution in [2.24, 2.45) is 5.92 Å². The monoisotopic (exact) mass is 283 g/mol. The predicted molar refractivity (Wildman–Crippen MR) is 80.8 cm³/mol. The molecule has 1 aliphatic rings. The van der Waals surface area contributed by atoms with Crippen molar-refractivity contribution in [3.63, 3.8) is 0 Å². The van der Waals surface area contributed by atoms with Crippen LogP contribution in [-0.4, -0.2) is 15.9 Å². The molecule has 20 heavy (non-hydrogen) atoms. The van der Waals surface area contributed by atoms with Crippen LogP contribution >= 0.6 is 11.3 Å². The Hall–Kier alpha value is -2.14. The lowest BCUT2D eigenvalue weighted by molar-refractivity contribution is -0.117. The third-order valence-corrected chi connectivity index (χ3v) is 4.31. The lowest BCUT2D eigenvalue weighted by Gasteiger charge is -1.98. The number of nitrogens with one attached hydrogen (secondary N) is 2. The van der Waals surface area contributed by atoms with Gasteiger partial charge in [-0.05, 0) is 18.9 Å². The highest BCUT2D eigenvalue weighted by molar-refractivity contribution is 7.14. The maximum Gasteiger partial charge on any atom is 0.229 e. The molecular formula is C15H13N3OS. The number of para-hydroxylation sites is 1. The summed E-state index contributed by atoms with van der Waals surface area (Å²) >= 11 is 1.47. The van der Waals surface area contributed by atoms with Gasteiger partial charge in [0.15, 0.2) is 5.13 Å². The lowest BCUT2D eigenvalue weighted by Crippen LogP contribution is -2.12. The van der Waals surface area contributed by atoms with Gasteiger partial charge < -0.3 is 10.3 Å². The average Bonchev–Trinajstić information content (AvgIpc) is 3.08. The molecular weight excluding hydrogens is 270 g/mol. The van der Waals surface area contributed by atoms with Crippen molar-refractivity contribution >= 4 is 33.3 Å². The van der Waals surface area contributed by atoms with Crippen molar-refractivity contribution in [3.05, 3.63) is 35.8 Å². The molecule has 1 amide bonds. The van der Waals surface area contributed by atoms with Crippen LogP contribution in [0.2, 0.25) is 0 Å². The molecule has 1 aliphatic carbocycles. The number of H-pyrrole nitrogens is 1. The maximum absolute atomic E-state index is 11.7. The summed E-state index contributed by atoms with van der Waals surface area (Å²) in [5, 5.41) is 6.71. The molecule has 2 heterocycles. The van der Waals surface area contributed by atoms with Crippen LogP contribution in [0.3, 0.4) is 0 Å². The van der Waals surface area contributed by atoms with Gasteiger partial charge in [0.25, 0.3) is 0 Å². The first kappa shape index (κ1) is 11.7. The van der Waals surface area contributed by atoms with Crippen LogP contribution in [0, 0.1) is 5.92 Å². The van der Waals surface area contributed by atoms with Gasteiger partial charge in [-0.1, -0.05) is 18.2 Å². The standard InChI is InChI=1S/C15H13N3OS/c19-14(9-5-6-9)18-15-17-13(8-20-15)11-7-16-12-4-2-1-3-10(11)12/h1-4,7-9,16H,5-6H2,(H,17,18,19). The number of aromatic nitrogens is 2. The summed E-state index contributed by atoms with van der Waals surface area (Å²) in [5.74, 6) is 0.306. The largest absolute Gasteiger partial charge is 0.360 e. The fourth-order valence-electron chi connectivity index (χ4n) is 2.29. The summed E-state index contributed by atoms with van der Waals surface area (Å²) in [6.45, 7) is 0. The molecule has 2 N–H and O–H groups in total. The number of anilines is 1. The number of carbonyl (C=O) groups is 1. The fourth-order valence-corrected chi connectivity index (χ4v) is 3.00. The van der Waals surface area contributed by atoms with E-state index in [0.717, 1.165) is 35.0 Å². The van der Waals surface area contributed by atoms with E-state index < -0.39 is 0 Å². The molecule has 1 fully saturated rings. The van der Waals surface area contributed by atoms with Crippen molar-refractivity contribution in [2.45, 2.75) is 12.8 Å². The fraction of sp³-hybridized carbons (Fsp3) is 0.200. The van der Waals surface area contributed by atoms with Gasteiger partial charge in [-0.2, -0.15) is 0 Å². The third-order valence-electron chi connectivity index (χ3n) is 3.55. The zero-order valence-corrected chi connectivity index (χ0v) is 11.5. The summed E-state index contributed by atoms with van der Waals surface area (Å²) < 4.78 is 0. The highest BCUT2D eigenvalue weighted by atomic mass is 32.1. The molecule has 100 valence electrons. The quantitative estimate of drug-likeness (QED) is 0.771. The molecule has 0 bridgehead atoms. The number of hydrogen-bond donors (Lipinski definition) is 2. The first-order valence-corrected chi connectivity index (χ1v) is 7.52. The Kier molecular flexibility index (Phi) is 2.60. The zero-order valence-electron chi connectivity index (χ0n) is 10.7. The second-order valence-corrected chi connectivity index (χ2v) is 5.91. The Morgan fingerprint density at radius 1 is 1.35 bits per heavy atom. The lowest BCUT2D eigenvalue weighted by atomic mass is 10.1. The van der Waals surface area contributed by atoms with Crippen LogP contribution < -0.4 is 5.32 Å². The van der Waals surface area contributed by atoms with E-state index in [9.17, 15) is 4.79 Å². The minimum absolute atomic E-state index is 0.102. The van der Waals surface area contributed by atoms with Crippen LogP contribution in [0.1, 0.15) is 12.8 Å². The number of nitrogens with zero attached hydrogens (tertiary/aromatic N) is 1. The highest BCUT2D eigenvalue weighted by Crippen LogP contribution is 2.33. The maximum atomic E-state index is 11.7. The predicted octanol–water partition coefficient (Wildman–Crippen LogP) is 3.64. The van der Waals surface area contributed by atoms with E-state index in [0.29, 0.717) is 5.13 Å². The molecule has 4 nitrogen and oxygen atoms in total. The van der Waals surface area contributed by atoms with Crippen LogP contribution in [0.15, 0.2) is 35.8 Å². The van der Waals surface area contributed by atoms with Gasteiger partial charge in [-0.3, -0.25) is 4.79 Å². The van der Waals surface area contributed by atoms with Crippen LogP contribution in [0.5, 0.6) is 0 Å². The molecule has 1 saturated carbocycles. The van der Waals surface area contributed by atoms with E-state index in [2.05, 4.69) is 21.4 Å². The normalized spacial score (nSPS) is 14.6. The Balaban J connectivity index is 1.65. The third kappa shape index (κ3) is 2.00. The van der Waals surface area contributed by atoms with Crippen molar-refractivity contribution < 1.29 is 4.79 Å². The van der Waals surface area contributed by atoms with Gasteiger partial charge in [0, 0.05) is 34.0 Å². The summed E-state index contributed by atoms with van der Waals surface area (Å²) in [6.07, 6.45) is 3.98. The molecule has 5 heteroatoms. The van der Waals surface area contributed by atoms with E-state index in [-0.39, 0.29) is 11.8 Å². The summed E-state index contributed by atoms with van der Waals surface area (Å²) in [6, 6.07) is 8.14. The zero-order chi connectivity index (χ0) is 13.5. The minimum atomic E-state index is 0.102. The van der Waals surface area contributed by atoms with Gasteiger partial charge in [-0.15, -0.1) is 11.3 Å². The summed E-state index contributed by atoms with van der Waals surface area (Å²) in [4.78, 5) is 19.5.